The number of Topliss-reactive ketones (excluding diaryl/α,β-unsaturated/α-hetero) is 1. The molecule has 1 amide bonds. The van der Waals surface area contributed by atoms with Gasteiger partial charge in [-0.3, -0.25) is 9.59 Å². The SMILES string of the molecule is Cc1ccccc1C(=O)CN1CCSC1=O. The van der Waals surface area contributed by atoms with Crippen LogP contribution in [0.3, 0.4) is 0 Å². The van der Waals surface area contributed by atoms with E-state index in [0.717, 1.165) is 11.3 Å². The lowest BCUT2D eigenvalue weighted by molar-refractivity contribution is 0.0955. The molecule has 0 unspecified atom stereocenters. The Morgan fingerprint density at radius 3 is 2.81 bits per heavy atom. The van der Waals surface area contributed by atoms with E-state index < -0.39 is 0 Å². The maximum absolute atomic E-state index is 12.0. The van der Waals surface area contributed by atoms with Crippen LogP contribution in [0.4, 0.5) is 4.79 Å². The quantitative estimate of drug-likeness (QED) is 0.755. The van der Waals surface area contributed by atoms with E-state index in [0.29, 0.717) is 12.1 Å². The average molecular weight is 235 g/mol. The summed E-state index contributed by atoms with van der Waals surface area (Å²) in [7, 11) is 0. The van der Waals surface area contributed by atoms with Crippen molar-refractivity contribution in [3.8, 4) is 0 Å². The zero-order valence-corrected chi connectivity index (χ0v) is 9.92. The van der Waals surface area contributed by atoms with E-state index in [1.165, 1.54) is 11.8 Å². The molecule has 84 valence electrons. The van der Waals surface area contributed by atoms with Crippen molar-refractivity contribution in [2.45, 2.75) is 6.92 Å². The molecule has 0 bridgehead atoms. The highest BCUT2D eigenvalue weighted by Crippen LogP contribution is 2.18. The molecule has 0 aliphatic carbocycles. The van der Waals surface area contributed by atoms with Crippen molar-refractivity contribution < 1.29 is 9.59 Å². The first-order valence-electron chi connectivity index (χ1n) is 5.19. The van der Waals surface area contributed by atoms with E-state index in [-0.39, 0.29) is 17.6 Å². The standard InChI is InChI=1S/C12H13NO2S/c1-9-4-2-3-5-10(9)11(14)8-13-6-7-16-12(13)15/h2-5H,6-8H2,1H3. The van der Waals surface area contributed by atoms with Gasteiger partial charge < -0.3 is 4.90 Å². The molecule has 1 fully saturated rings. The van der Waals surface area contributed by atoms with E-state index >= 15 is 0 Å². The minimum absolute atomic E-state index is 0.0157. The number of benzene rings is 1. The van der Waals surface area contributed by atoms with Crippen LogP contribution in [0, 0.1) is 6.92 Å². The van der Waals surface area contributed by atoms with Crippen molar-refractivity contribution >= 4 is 22.8 Å². The number of nitrogens with zero attached hydrogens (tertiary/aromatic N) is 1. The third-order valence-electron chi connectivity index (χ3n) is 2.62. The number of rotatable bonds is 3. The third kappa shape index (κ3) is 2.27. The van der Waals surface area contributed by atoms with Crippen LogP contribution in [0.2, 0.25) is 0 Å². The minimum Gasteiger partial charge on any atom is -0.325 e. The van der Waals surface area contributed by atoms with E-state index in [9.17, 15) is 9.59 Å². The molecule has 1 saturated heterocycles. The number of carbonyl (C=O) groups excluding carboxylic acids is 2. The summed E-state index contributed by atoms with van der Waals surface area (Å²) < 4.78 is 0. The summed E-state index contributed by atoms with van der Waals surface area (Å²) in [6.45, 7) is 2.80. The third-order valence-corrected chi connectivity index (χ3v) is 3.52. The molecule has 0 atom stereocenters. The molecule has 3 nitrogen and oxygen atoms in total. The first-order valence-corrected chi connectivity index (χ1v) is 6.17. The van der Waals surface area contributed by atoms with Gasteiger partial charge in [-0.1, -0.05) is 36.0 Å². The van der Waals surface area contributed by atoms with Gasteiger partial charge >= 0.3 is 0 Å². The zero-order valence-electron chi connectivity index (χ0n) is 9.10. The Morgan fingerprint density at radius 1 is 1.44 bits per heavy atom. The Morgan fingerprint density at radius 2 is 2.19 bits per heavy atom. The van der Waals surface area contributed by atoms with Crippen LogP contribution in [-0.4, -0.2) is 34.8 Å². The molecule has 1 aliphatic heterocycles. The lowest BCUT2D eigenvalue weighted by Gasteiger charge is -2.13. The molecule has 0 aromatic heterocycles. The summed E-state index contributed by atoms with van der Waals surface area (Å²) in [5.41, 5.74) is 1.68. The van der Waals surface area contributed by atoms with Crippen LogP contribution in [0.25, 0.3) is 0 Å². The van der Waals surface area contributed by atoms with Gasteiger partial charge in [0.1, 0.15) is 0 Å². The van der Waals surface area contributed by atoms with E-state index in [1.54, 1.807) is 4.90 Å². The summed E-state index contributed by atoms with van der Waals surface area (Å²) in [6.07, 6.45) is 0. The maximum Gasteiger partial charge on any atom is 0.282 e. The molecule has 0 radical (unpaired) electrons. The number of amides is 1. The largest absolute Gasteiger partial charge is 0.325 e. The van der Waals surface area contributed by atoms with Gasteiger partial charge in [0.25, 0.3) is 5.24 Å². The van der Waals surface area contributed by atoms with Crippen LogP contribution < -0.4 is 0 Å². The number of hydrogen-bond donors (Lipinski definition) is 0. The number of aryl methyl sites for hydroxylation is 1. The van der Waals surface area contributed by atoms with Crippen molar-refractivity contribution in [3.05, 3.63) is 35.4 Å². The Labute approximate surface area is 98.8 Å². The second-order valence-electron chi connectivity index (χ2n) is 3.77. The molecule has 1 aromatic carbocycles. The van der Waals surface area contributed by atoms with Crippen LogP contribution in [0.1, 0.15) is 15.9 Å². The molecular weight excluding hydrogens is 222 g/mol. The van der Waals surface area contributed by atoms with Gasteiger partial charge in [0.15, 0.2) is 5.78 Å². The van der Waals surface area contributed by atoms with Gasteiger partial charge in [0.05, 0.1) is 6.54 Å². The number of hydrogen-bond acceptors (Lipinski definition) is 3. The lowest BCUT2D eigenvalue weighted by atomic mass is 10.0. The minimum atomic E-state index is 0.0157. The van der Waals surface area contributed by atoms with Gasteiger partial charge in [-0.25, -0.2) is 0 Å². The lowest BCUT2D eigenvalue weighted by Crippen LogP contribution is -2.30. The predicted molar refractivity (Wildman–Crippen MR) is 64.9 cm³/mol. The smallest absolute Gasteiger partial charge is 0.282 e. The van der Waals surface area contributed by atoms with E-state index in [1.807, 2.05) is 31.2 Å². The summed E-state index contributed by atoms with van der Waals surface area (Å²) >= 11 is 1.28. The fraction of sp³-hybridized carbons (Fsp3) is 0.333. The molecule has 0 spiro atoms. The second kappa shape index (κ2) is 4.70. The fourth-order valence-electron chi connectivity index (χ4n) is 1.71. The fourth-order valence-corrected chi connectivity index (χ4v) is 2.54. The highest BCUT2D eigenvalue weighted by atomic mass is 32.2. The van der Waals surface area contributed by atoms with E-state index in [2.05, 4.69) is 0 Å². The molecule has 2 rings (SSSR count). The monoisotopic (exact) mass is 235 g/mol. The average Bonchev–Trinajstić information content (AvgIpc) is 2.65. The molecule has 1 aliphatic rings. The highest BCUT2D eigenvalue weighted by molar-refractivity contribution is 8.13. The van der Waals surface area contributed by atoms with Gasteiger partial charge in [-0.2, -0.15) is 0 Å². The Kier molecular flexibility index (Phi) is 3.29. The molecule has 1 heterocycles. The van der Waals surface area contributed by atoms with Crippen molar-refractivity contribution in [1.29, 1.82) is 0 Å². The Balaban J connectivity index is 2.09. The van der Waals surface area contributed by atoms with Gasteiger partial charge in [0.2, 0.25) is 0 Å². The first-order chi connectivity index (χ1) is 7.68. The summed E-state index contributed by atoms with van der Waals surface area (Å²) in [6, 6.07) is 7.48. The Hall–Kier alpha value is -1.29. The summed E-state index contributed by atoms with van der Waals surface area (Å²) in [4.78, 5) is 24.9. The van der Waals surface area contributed by atoms with Crippen molar-refractivity contribution in [2.75, 3.05) is 18.8 Å². The van der Waals surface area contributed by atoms with Crippen LogP contribution in [0.15, 0.2) is 24.3 Å². The van der Waals surface area contributed by atoms with Crippen LogP contribution in [0.5, 0.6) is 0 Å². The zero-order chi connectivity index (χ0) is 11.5. The Bertz CT molecular complexity index is 431. The van der Waals surface area contributed by atoms with Crippen molar-refractivity contribution in [1.82, 2.24) is 4.90 Å². The molecule has 1 aromatic rings. The number of ketones is 1. The maximum atomic E-state index is 12.0. The van der Waals surface area contributed by atoms with Crippen molar-refractivity contribution in [2.24, 2.45) is 0 Å². The number of carbonyl (C=O) groups is 2. The number of thioether (sulfide) groups is 1. The van der Waals surface area contributed by atoms with Crippen LogP contribution >= 0.6 is 11.8 Å². The van der Waals surface area contributed by atoms with Crippen molar-refractivity contribution in [3.63, 3.8) is 0 Å². The van der Waals surface area contributed by atoms with Crippen LogP contribution in [-0.2, 0) is 0 Å². The van der Waals surface area contributed by atoms with Gasteiger partial charge in [-0.05, 0) is 12.5 Å². The molecule has 4 heteroatoms. The molecular formula is C12H13NO2S. The summed E-state index contributed by atoms with van der Waals surface area (Å²) in [5, 5.41) is 0.0157. The molecule has 0 N–H and O–H groups in total. The second-order valence-corrected chi connectivity index (χ2v) is 4.82. The predicted octanol–water partition coefficient (Wildman–Crippen LogP) is 2.35. The van der Waals surface area contributed by atoms with E-state index in [4.69, 9.17) is 0 Å². The first kappa shape index (κ1) is 11.2. The summed E-state index contributed by atoms with van der Waals surface area (Å²) in [5.74, 6) is 0.814. The normalized spacial score (nSPS) is 15.6. The van der Waals surface area contributed by atoms with Gasteiger partial charge in [0, 0.05) is 17.9 Å². The molecule has 0 saturated carbocycles. The highest BCUT2D eigenvalue weighted by Gasteiger charge is 2.23. The molecule has 16 heavy (non-hydrogen) atoms. The topological polar surface area (TPSA) is 37.4 Å². The van der Waals surface area contributed by atoms with Gasteiger partial charge in [-0.15, -0.1) is 0 Å².